The van der Waals surface area contributed by atoms with Crippen LogP contribution in [-0.2, 0) is 0 Å². The molecular weight excluding hydrogens is 168 g/mol. The molecule has 0 heterocycles. The van der Waals surface area contributed by atoms with Crippen LogP contribution < -0.4 is 0 Å². The molecular formula is C14H20. The zero-order valence-electron chi connectivity index (χ0n) is 9.08. The van der Waals surface area contributed by atoms with E-state index in [1.165, 1.54) is 32.1 Å². The van der Waals surface area contributed by atoms with Crippen LogP contribution in [0.1, 0.15) is 50.5 Å². The number of hydrogen-bond donors (Lipinski definition) is 0. The van der Waals surface area contributed by atoms with Gasteiger partial charge in [-0.25, -0.2) is 0 Å². The summed E-state index contributed by atoms with van der Waals surface area (Å²) in [5, 5.41) is 0. The highest BCUT2D eigenvalue weighted by Crippen LogP contribution is 2.36. The molecule has 2 rings (SSSR count). The summed E-state index contributed by atoms with van der Waals surface area (Å²) in [6.07, 6.45) is 7.07. The fourth-order valence-corrected chi connectivity index (χ4v) is 2.63. The highest BCUT2D eigenvalue weighted by molar-refractivity contribution is 5.19. The fraction of sp³-hybridized carbons (Fsp3) is 0.571. The van der Waals surface area contributed by atoms with Crippen molar-refractivity contribution in [3.05, 3.63) is 35.9 Å². The van der Waals surface area contributed by atoms with Crippen LogP contribution in [-0.4, -0.2) is 0 Å². The summed E-state index contributed by atoms with van der Waals surface area (Å²) in [6.45, 7) is 2.33. The minimum Gasteiger partial charge on any atom is -0.0651 e. The summed E-state index contributed by atoms with van der Waals surface area (Å²) < 4.78 is 0. The van der Waals surface area contributed by atoms with Crippen molar-refractivity contribution in [1.29, 1.82) is 0 Å². The third-order valence-corrected chi connectivity index (χ3v) is 3.70. The van der Waals surface area contributed by atoms with E-state index in [1.807, 2.05) is 0 Å². The molecule has 0 aliphatic heterocycles. The first kappa shape index (κ1) is 9.76. The molecule has 0 bridgehead atoms. The molecule has 1 aliphatic rings. The molecule has 1 fully saturated rings. The summed E-state index contributed by atoms with van der Waals surface area (Å²) >= 11 is 0. The van der Waals surface area contributed by atoms with Crippen LogP contribution in [0, 0.1) is 5.92 Å². The van der Waals surface area contributed by atoms with Crippen LogP contribution in [0.2, 0.25) is 0 Å². The Morgan fingerprint density at radius 3 is 2.21 bits per heavy atom. The van der Waals surface area contributed by atoms with Crippen LogP contribution in [0.15, 0.2) is 30.3 Å². The lowest BCUT2D eigenvalue weighted by atomic mass is 9.78. The summed E-state index contributed by atoms with van der Waals surface area (Å²) in [4.78, 5) is 0. The Hall–Kier alpha value is -0.780. The molecule has 1 aromatic carbocycles. The van der Waals surface area contributed by atoms with E-state index in [-0.39, 0.29) is 0 Å². The van der Waals surface area contributed by atoms with Crippen LogP contribution >= 0.6 is 0 Å². The van der Waals surface area contributed by atoms with E-state index < -0.39 is 0 Å². The molecule has 0 heteroatoms. The van der Waals surface area contributed by atoms with Gasteiger partial charge < -0.3 is 0 Å². The van der Waals surface area contributed by atoms with E-state index in [2.05, 4.69) is 37.3 Å². The highest BCUT2D eigenvalue weighted by atomic mass is 14.3. The van der Waals surface area contributed by atoms with Gasteiger partial charge in [-0.05, 0) is 43.1 Å². The van der Waals surface area contributed by atoms with Gasteiger partial charge >= 0.3 is 0 Å². The lowest BCUT2D eigenvalue weighted by Gasteiger charge is -2.27. The van der Waals surface area contributed by atoms with Crippen LogP contribution in [0.4, 0.5) is 0 Å². The van der Waals surface area contributed by atoms with Crippen LogP contribution in [0.5, 0.6) is 0 Å². The van der Waals surface area contributed by atoms with Crippen molar-refractivity contribution >= 4 is 0 Å². The molecule has 0 radical (unpaired) electrons. The minimum atomic E-state index is 0.846. The molecule has 0 nitrogen and oxygen atoms in total. The molecule has 1 aliphatic carbocycles. The molecule has 14 heavy (non-hydrogen) atoms. The summed E-state index contributed by atoms with van der Waals surface area (Å²) in [5.41, 5.74) is 1.56. The zero-order chi connectivity index (χ0) is 9.80. The Balaban J connectivity index is 1.96. The van der Waals surface area contributed by atoms with E-state index in [9.17, 15) is 0 Å². The van der Waals surface area contributed by atoms with Gasteiger partial charge in [0.05, 0.1) is 0 Å². The van der Waals surface area contributed by atoms with Gasteiger partial charge in [0.15, 0.2) is 0 Å². The van der Waals surface area contributed by atoms with E-state index in [0.29, 0.717) is 0 Å². The Kier molecular flexibility index (Phi) is 3.23. The van der Waals surface area contributed by atoms with E-state index in [0.717, 1.165) is 11.8 Å². The third kappa shape index (κ3) is 2.17. The molecule has 0 saturated heterocycles. The van der Waals surface area contributed by atoms with Gasteiger partial charge in [-0.1, -0.05) is 43.7 Å². The van der Waals surface area contributed by atoms with Crippen molar-refractivity contribution in [2.75, 3.05) is 0 Å². The second kappa shape index (κ2) is 4.63. The fourth-order valence-electron chi connectivity index (χ4n) is 2.63. The number of benzene rings is 1. The van der Waals surface area contributed by atoms with Gasteiger partial charge in [0.2, 0.25) is 0 Å². The van der Waals surface area contributed by atoms with Gasteiger partial charge in [0.1, 0.15) is 0 Å². The lowest BCUT2D eigenvalue weighted by Crippen LogP contribution is -2.12. The highest BCUT2D eigenvalue weighted by Gasteiger charge is 2.20. The van der Waals surface area contributed by atoms with Crippen molar-refractivity contribution in [3.63, 3.8) is 0 Å². The van der Waals surface area contributed by atoms with Gasteiger partial charge in [0.25, 0.3) is 0 Å². The maximum atomic E-state index is 2.33. The van der Waals surface area contributed by atoms with Gasteiger partial charge in [0, 0.05) is 0 Å². The third-order valence-electron chi connectivity index (χ3n) is 3.70. The Bertz CT molecular complexity index is 255. The molecule has 0 aromatic heterocycles. The molecule has 0 amide bonds. The van der Waals surface area contributed by atoms with Crippen molar-refractivity contribution in [2.24, 2.45) is 5.92 Å². The van der Waals surface area contributed by atoms with Gasteiger partial charge in [-0.2, -0.15) is 0 Å². The summed E-state index contributed by atoms with van der Waals surface area (Å²) in [7, 11) is 0. The predicted octanol–water partition coefficient (Wildman–Crippen LogP) is 4.37. The number of hydrogen-bond acceptors (Lipinski definition) is 0. The van der Waals surface area contributed by atoms with E-state index in [4.69, 9.17) is 0 Å². The van der Waals surface area contributed by atoms with Gasteiger partial charge in [-0.3, -0.25) is 0 Å². The van der Waals surface area contributed by atoms with E-state index >= 15 is 0 Å². The maximum Gasteiger partial charge on any atom is -0.0162 e. The van der Waals surface area contributed by atoms with Crippen molar-refractivity contribution < 1.29 is 0 Å². The number of rotatable bonds is 2. The van der Waals surface area contributed by atoms with Crippen molar-refractivity contribution in [3.8, 4) is 0 Å². The predicted molar refractivity (Wildman–Crippen MR) is 61.4 cm³/mol. The zero-order valence-corrected chi connectivity index (χ0v) is 9.08. The molecule has 1 aromatic rings. The maximum absolute atomic E-state index is 2.33. The van der Waals surface area contributed by atoms with Crippen molar-refractivity contribution in [2.45, 2.75) is 44.9 Å². The minimum absolute atomic E-state index is 0.846. The largest absolute Gasteiger partial charge is 0.0651 e. The first-order valence-electron chi connectivity index (χ1n) is 5.95. The first-order valence-corrected chi connectivity index (χ1v) is 5.95. The average Bonchev–Trinajstić information content (AvgIpc) is 2.30. The molecule has 1 saturated carbocycles. The molecule has 0 N–H and O–H groups in total. The first-order chi connectivity index (χ1) is 6.90. The lowest BCUT2D eigenvalue weighted by molar-refractivity contribution is 0.319. The smallest absolute Gasteiger partial charge is 0.0162 e. The molecule has 0 atom stereocenters. The SMILES string of the molecule is CC[C@H]1CC[C@H](c2ccccc2)CC1. The molecule has 0 spiro atoms. The summed E-state index contributed by atoms with van der Waals surface area (Å²) in [6, 6.07) is 11.0. The van der Waals surface area contributed by atoms with Crippen LogP contribution in [0.3, 0.4) is 0 Å². The second-order valence-electron chi connectivity index (χ2n) is 4.54. The Labute approximate surface area is 87.3 Å². The van der Waals surface area contributed by atoms with E-state index in [1.54, 1.807) is 5.56 Å². The second-order valence-corrected chi connectivity index (χ2v) is 4.54. The molecule has 0 unspecified atom stereocenters. The Morgan fingerprint density at radius 2 is 1.64 bits per heavy atom. The average molecular weight is 188 g/mol. The van der Waals surface area contributed by atoms with Crippen molar-refractivity contribution in [1.82, 2.24) is 0 Å². The quantitative estimate of drug-likeness (QED) is 0.646. The van der Waals surface area contributed by atoms with Crippen LogP contribution in [0.25, 0.3) is 0 Å². The normalized spacial score (nSPS) is 27.5. The standard InChI is InChI=1S/C14H20/c1-2-12-8-10-14(11-9-12)13-6-4-3-5-7-13/h3-7,12,14H,2,8-11H2,1H3/t12-,14-. The van der Waals surface area contributed by atoms with Gasteiger partial charge in [-0.15, -0.1) is 0 Å². The Morgan fingerprint density at radius 1 is 1.00 bits per heavy atom. The topological polar surface area (TPSA) is 0 Å². The monoisotopic (exact) mass is 188 g/mol. The molecule has 76 valence electrons. The summed E-state index contributed by atoms with van der Waals surface area (Å²) in [5.74, 6) is 1.86.